The molecule has 0 aliphatic heterocycles. The molecule has 0 aromatic heterocycles. The van der Waals surface area contributed by atoms with Crippen molar-refractivity contribution in [3.05, 3.63) is 29.3 Å². The number of quaternary nitrogens is 1. The fourth-order valence-electron chi connectivity index (χ4n) is 2.80. The van der Waals surface area contributed by atoms with Gasteiger partial charge in [0, 0.05) is 23.0 Å². The molecule has 2 N–H and O–H groups in total. The number of amides is 4. The quantitative estimate of drug-likeness (QED) is 0.228. The lowest BCUT2D eigenvalue weighted by Gasteiger charge is -2.33. The van der Waals surface area contributed by atoms with Crippen molar-refractivity contribution in [3.8, 4) is 0 Å². The lowest BCUT2D eigenvalue weighted by atomic mass is 10.2. The number of carbonyl (C=O) groups excluding carboxylic acids is 2. The smallest absolute Gasteiger partial charge is 0.439 e. The Labute approximate surface area is 183 Å². The number of halogens is 1. The maximum Gasteiger partial charge on any atom is 0.445 e. The lowest BCUT2D eigenvalue weighted by molar-refractivity contribution is -0.685. The summed E-state index contributed by atoms with van der Waals surface area (Å²) in [6.07, 6.45) is 3.53. The number of methoxy groups -OCH3 is 1. The summed E-state index contributed by atoms with van der Waals surface area (Å²) in [6, 6.07) is 5.57. The predicted molar refractivity (Wildman–Crippen MR) is 118 cm³/mol. The van der Waals surface area contributed by atoms with Crippen LogP contribution in [-0.4, -0.2) is 54.2 Å². The van der Waals surface area contributed by atoms with Gasteiger partial charge in [-0.3, -0.25) is 4.90 Å². The first kappa shape index (κ1) is 25.3. The van der Waals surface area contributed by atoms with Gasteiger partial charge in [0.2, 0.25) is 0 Å². The van der Waals surface area contributed by atoms with E-state index in [1.165, 1.54) is 7.11 Å². The summed E-state index contributed by atoms with van der Waals surface area (Å²) in [5.74, 6) is 0. The number of amidine groups is 1. The highest BCUT2D eigenvalue weighted by molar-refractivity contribution is 7.98. The van der Waals surface area contributed by atoms with E-state index < -0.39 is 22.6 Å². The zero-order chi connectivity index (χ0) is 21.9. The number of hydrogen-bond donors (Lipinski definition) is 2. The van der Waals surface area contributed by atoms with Gasteiger partial charge in [-0.05, 0) is 49.9 Å². The van der Waals surface area contributed by atoms with E-state index in [-0.39, 0.29) is 6.54 Å². The van der Waals surface area contributed by atoms with Crippen LogP contribution in [0.4, 0.5) is 9.59 Å². The molecule has 0 aliphatic carbocycles. The molecule has 1 aromatic carbocycles. The lowest BCUT2D eigenvalue weighted by Crippen LogP contribution is -2.67. The maximum absolute atomic E-state index is 13.5. The number of unbranched alkanes of at least 4 members (excludes halogenated alkanes) is 2. The summed E-state index contributed by atoms with van der Waals surface area (Å²) in [7, 11) is 1.30. The fourth-order valence-corrected chi connectivity index (χ4v) is 3.75. The molecule has 1 aromatic rings. The molecule has 1 unspecified atom stereocenters. The van der Waals surface area contributed by atoms with Crippen molar-refractivity contribution in [2.75, 3.05) is 26.7 Å². The first-order chi connectivity index (χ1) is 13.9. The van der Waals surface area contributed by atoms with Gasteiger partial charge in [-0.25, -0.2) is 19.7 Å². The maximum atomic E-state index is 13.5. The van der Waals surface area contributed by atoms with Crippen molar-refractivity contribution in [2.45, 2.75) is 51.3 Å². The average molecular weight is 444 g/mol. The SMILES string of the molecule is CCCCN(CCCC)C(=O)[N+](CC)(C(=N)OC)C(=O)NSc1cccc(Cl)c1. The Bertz CT molecular complexity index is 696. The molecule has 0 fully saturated rings. The summed E-state index contributed by atoms with van der Waals surface area (Å²) in [5, 5.41) is 8.83. The molecule has 1 rings (SSSR count). The summed E-state index contributed by atoms with van der Waals surface area (Å²) >= 11 is 7.05. The van der Waals surface area contributed by atoms with E-state index in [9.17, 15) is 9.59 Å². The topological polar surface area (TPSA) is 82.5 Å². The Hall–Kier alpha value is -1.77. The van der Waals surface area contributed by atoms with E-state index in [2.05, 4.69) is 18.6 Å². The van der Waals surface area contributed by atoms with Crippen LogP contribution in [0.3, 0.4) is 0 Å². The molecular formula is C20H32ClN4O3S+. The molecule has 162 valence electrons. The molecule has 4 amide bonds. The van der Waals surface area contributed by atoms with Gasteiger partial charge in [-0.2, -0.15) is 0 Å². The van der Waals surface area contributed by atoms with Gasteiger partial charge in [0.05, 0.1) is 7.11 Å². The highest BCUT2D eigenvalue weighted by Crippen LogP contribution is 2.22. The third-order valence-corrected chi connectivity index (χ3v) is 5.58. The van der Waals surface area contributed by atoms with Crippen LogP contribution in [-0.2, 0) is 4.74 Å². The molecule has 0 bridgehead atoms. The van der Waals surface area contributed by atoms with Crippen molar-refractivity contribution >= 4 is 41.6 Å². The van der Waals surface area contributed by atoms with E-state index in [4.69, 9.17) is 21.7 Å². The standard InChI is InChI=1S/C20H31ClN4O3S/c1-5-8-13-24(14-9-6-2)20(27)25(7-3,18(22)28-4)19(26)23-29-17-12-10-11-16(21)15-17/h10-12,15,22H,5-9,13-14H2,1-4H3/p+1. The van der Waals surface area contributed by atoms with E-state index >= 15 is 0 Å². The second-order valence-corrected chi connectivity index (χ2v) is 7.89. The average Bonchev–Trinajstić information content (AvgIpc) is 2.72. The summed E-state index contributed by atoms with van der Waals surface area (Å²) < 4.78 is 6.95. The minimum Gasteiger partial charge on any atom is -0.439 e. The number of carbonyl (C=O) groups is 2. The monoisotopic (exact) mass is 443 g/mol. The Morgan fingerprint density at radius 2 is 1.83 bits per heavy atom. The van der Waals surface area contributed by atoms with Crippen LogP contribution in [0.15, 0.2) is 29.2 Å². The van der Waals surface area contributed by atoms with Crippen LogP contribution in [0.2, 0.25) is 5.02 Å². The van der Waals surface area contributed by atoms with Crippen LogP contribution in [0.25, 0.3) is 0 Å². The molecule has 0 aliphatic rings. The zero-order valence-electron chi connectivity index (χ0n) is 17.7. The number of urea groups is 2. The number of hydrogen-bond acceptors (Lipinski definition) is 5. The number of rotatable bonds is 9. The summed E-state index contributed by atoms with van der Waals surface area (Å²) in [6.45, 7) is 6.96. The molecule has 0 saturated heterocycles. The van der Waals surface area contributed by atoms with Crippen molar-refractivity contribution in [1.82, 2.24) is 9.62 Å². The second kappa shape index (κ2) is 12.7. The number of nitrogens with one attached hydrogen (secondary N) is 2. The Morgan fingerprint density at radius 3 is 2.31 bits per heavy atom. The van der Waals surface area contributed by atoms with Crippen molar-refractivity contribution < 1.29 is 18.8 Å². The Balaban J connectivity index is 3.15. The van der Waals surface area contributed by atoms with Gasteiger partial charge in [0.15, 0.2) is 0 Å². The van der Waals surface area contributed by atoms with Crippen LogP contribution in [0, 0.1) is 5.41 Å². The van der Waals surface area contributed by atoms with Gasteiger partial charge in [0.1, 0.15) is 6.54 Å². The normalized spacial score (nSPS) is 12.7. The van der Waals surface area contributed by atoms with Crippen LogP contribution in [0.1, 0.15) is 46.5 Å². The molecule has 1 atom stereocenters. The highest BCUT2D eigenvalue weighted by atomic mass is 35.5. The van der Waals surface area contributed by atoms with Crippen molar-refractivity contribution in [3.63, 3.8) is 0 Å². The summed E-state index contributed by atoms with van der Waals surface area (Å²) in [5.41, 5.74) is 0. The van der Waals surface area contributed by atoms with E-state index in [1.807, 2.05) is 0 Å². The molecule has 7 nitrogen and oxygen atoms in total. The highest BCUT2D eigenvalue weighted by Gasteiger charge is 2.52. The molecule has 9 heteroatoms. The Morgan fingerprint density at radius 1 is 1.21 bits per heavy atom. The first-order valence-corrected chi connectivity index (χ1v) is 11.1. The fraction of sp³-hybridized carbons (Fsp3) is 0.550. The van der Waals surface area contributed by atoms with E-state index in [0.29, 0.717) is 18.1 Å². The zero-order valence-corrected chi connectivity index (χ0v) is 19.2. The minimum absolute atomic E-state index is 0.0716. The third kappa shape index (κ3) is 6.62. The van der Waals surface area contributed by atoms with Gasteiger partial charge in [-0.1, -0.05) is 48.8 Å². The van der Waals surface area contributed by atoms with Gasteiger partial charge in [-0.15, -0.1) is 0 Å². The molecule has 0 heterocycles. The molecule has 0 spiro atoms. The number of ether oxygens (including phenoxy) is 1. The van der Waals surface area contributed by atoms with Gasteiger partial charge in [0.25, 0.3) is 0 Å². The van der Waals surface area contributed by atoms with Gasteiger partial charge < -0.3 is 4.74 Å². The van der Waals surface area contributed by atoms with Crippen molar-refractivity contribution in [2.24, 2.45) is 0 Å². The summed E-state index contributed by atoms with van der Waals surface area (Å²) in [4.78, 5) is 29.1. The van der Waals surface area contributed by atoms with Gasteiger partial charge >= 0.3 is 18.1 Å². The first-order valence-electron chi connectivity index (χ1n) is 9.90. The number of imide groups is 1. The molecule has 29 heavy (non-hydrogen) atoms. The predicted octanol–water partition coefficient (Wildman–Crippen LogP) is 5.50. The molecule has 0 radical (unpaired) electrons. The minimum atomic E-state index is -0.850. The van der Waals surface area contributed by atoms with Crippen LogP contribution < -0.4 is 4.72 Å². The molecular weight excluding hydrogens is 412 g/mol. The largest absolute Gasteiger partial charge is 0.445 e. The second-order valence-electron chi connectivity index (χ2n) is 6.58. The number of benzene rings is 1. The third-order valence-electron chi connectivity index (χ3n) is 4.57. The van der Waals surface area contributed by atoms with Crippen molar-refractivity contribution in [1.29, 1.82) is 5.41 Å². The van der Waals surface area contributed by atoms with Crippen LogP contribution >= 0.6 is 23.5 Å². The molecule has 0 saturated carbocycles. The van der Waals surface area contributed by atoms with Crippen LogP contribution in [0.5, 0.6) is 0 Å². The van der Waals surface area contributed by atoms with E-state index in [1.54, 1.807) is 36.1 Å². The van der Waals surface area contributed by atoms with E-state index in [0.717, 1.165) is 42.5 Å². The number of nitrogens with zero attached hydrogens (tertiary/aromatic N) is 2. The Kier molecular flexibility index (Phi) is 11.1.